The van der Waals surface area contributed by atoms with Crippen molar-refractivity contribution in [2.75, 3.05) is 5.32 Å². The number of benzene rings is 2. The summed E-state index contributed by atoms with van der Waals surface area (Å²) in [5, 5.41) is 9.11. The lowest BCUT2D eigenvalue weighted by Crippen LogP contribution is -2.47. The number of primary amides is 1. The number of aromatic nitrogens is 2. The van der Waals surface area contributed by atoms with Crippen molar-refractivity contribution < 1.29 is 23.2 Å². The molecule has 0 saturated carbocycles. The predicted molar refractivity (Wildman–Crippen MR) is 113 cm³/mol. The molecule has 1 heterocycles. The second kappa shape index (κ2) is 9.38. The number of hydrogen-bond donors (Lipinski definition) is 3. The Kier molecular flexibility index (Phi) is 6.62. The van der Waals surface area contributed by atoms with Gasteiger partial charge in [-0.1, -0.05) is 19.9 Å². The Hall–Kier alpha value is -4.08. The van der Waals surface area contributed by atoms with Crippen LogP contribution < -0.4 is 16.4 Å². The predicted octanol–water partition coefficient (Wildman–Crippen LogP) is 2.64. The van der Waals surface area contributed by atoms with Gasteiger partial charge in [-0.3, -0.25) is 14.4 Å². The van der Waals surface area contributed by atoms with Crippen LogP contribution in [0.25, 0.3) is 5.69 Å². The van der Waals surface area contributed by atoms with Crippen molar-refractivity contribution in [1.82, 2.24) is 15.1 Å². The van der Waals surface area contributed by atoms with E-state index in [1.54, 1.807) is 44.3 Å². The molecule has 8 nitrogen and oxygen atoms in total. The third kappa shape index (κ3) is 4.97. The Labute approximate surface area is 182 Å². The minimum absolute atomic E-state index is 0.115. The van der Waals surface area contributed by atoms with Crippen molar-refractivity contribution in [2.45, 2.75) is 19.9 Å². The zero-order chi connectivity index (χ0) is 23.4. The Morgan fingerprint density at radius 2 is 1.62 bits per heavy atom. The van der Waals surface area contributed by atoms with Gasteiger partial charge in [-0.15, -0.1) is 0 Å². The Morgan fingerprint density at radius 1 is 1.00 bits per heavy atom. The van der Waals surface area contributed by atoms with Crippen molar-refractivity contribution in [2.24, 2.45) is 11.7 Å². The molecule has 1 aromatic heterocycles. The first-order valence-electron chi connectivity index (χ1n) is 9.69. The monoisotopic (exact) mass is 441 g/mol. The number of carbonyl (C=O) groups excluding carboxylic acids is 3. The van der Waals surface area contributed by atoms with Gasteiger partial charge in [-0.2, -0.15) is 5.10 Å². The lowest BCUT2D eigenvalue weighted by molar-refractivity contribution is -0.118. The standard InChI is InChI=1S/C22H21F2N5O3/c1-12(2)19(27-21(31)18-15(23)4-3-5-16(18)24)22(32)26-13-6-8-14(9-7-13)29-11-10-17(28-29)20(25)30/h3-12,19H,1-2H3,(H2,25,30)(H,26,32)(H,27,31)/t19-/m0/s1. The topological polar surface area (TPSA) is 119 Å². The van der Waals surface area contributed by atoms with Gasteiger partial charge < -0.3 is 16.4 Å². The van der Waals surface area contributed by atoms with Crippen LogP contribution in [-0.4, -0.2) is 33.5 Å². The van der Waals surface area contributed by atoms with Crippen molar-refractivity contribution in [3.05, 3.63) is 77.6 Å². The molecule has 0 saturated heterocycles. The quantitative estimate of drug-likeness (QED) is 0.522. The zero-order valence-corrected chi connectivity index (χ0v) is 17.3. The summed E-state index contributed by atoms with van der Waals surface area (Å²) in [7, 11) is 0. The van der Waals surface area contributed by atoms with Gasteiger partial charge in [0.2, 0.25) is 5.91 Å². The van der Waals surface area contributed by atoms with Gasteiger partial charge in [0.15, 0.2) is 0 Å². The molecule has 3 rings (SSSR count). The summed E-state index contributed by atoms with van der Waals surface area (Å²) in [4.78, 5) is 36.3. The van der Waals surface area contributed by atoms with Crippen molar-refractivity contribution >= 4 is 23.4 Å². The molecule has 0 fully saturated rings. The molecule has 2 aromatic carbocycles. The smallest absolute Gasteiger partial charge is 0.269 e. The molecule has 3 amide bonds. The molecule has 0 unspecified atom stereocenters. The first-order valence-corrected chi connectivity index (χ1v) is 9.69. The molecule has 0 aliphatic heterocycles. The number of nitrogens with two attached hydrogens (primary N) is 1. The number of nitrogens with one attached hydrogen (secondary N) is 2. The second-order valence-electron chi connectivity index (χ2n) is 7.34. The van der Waals surface area contributed by atoms with Gasteiger partial charge in [0.05, 0.1) is 5.69 Å². The van der Waals surface area contributed by atoms with Crippen LogP contribution in [0, 0.1) is 17.6 Å². The third-order valence-corrected chi connectivity index (χ3v) is 4.67. The molecule has 0 aliphatic rings. The highest BCUT2D eigenvalue weighted by Gasteiger charge is 2.27. The van der Waals surface area contributed by atoms with Crippen LogP contribution in [0.4, 0.5) is 14.5 Å². The van der Waals surface area contributed by atoms with E-state index in [0.29, 0.717) is 11.4 Å². The van der Waals surface area contributed by atoms with Crippen LogP contribution in [0.2, 0.25) is 0 Å². The van der Waals surface area contributed by atoms with E-state index in [1.165, 1.54) is 10.7 Å². The lowest BCUT2D eigenvalue weighted by atomic mass is 10.0. The van der Waals surface area contributed by atoms with Crippen LogP contribution in [-0.2, 0) is 4.79 Å². The van der Waals surface area contributed by atoms with Crippen LogP contribution in [0.3, 0.4) is 0 Å². The largest absolute Gasteiger partial charge is 0.364 e. The molecular weight excluding hydrogens is 420 g/mol. The molecule has 0 aliphatic carbocycles. The number of amides is 3. The van der Waals surface area contributed by atoms with E-state index in [2.05, 4.69) is 15.7 Å². The summed E-state index contributed by atoms with van der Waals surface area (Å²) in [6, 6.07) is 10.1. The number of halogens is 2. The number of nitrogens with zero attached hydrogens (tertiary/aromatic N) is 2. The highest BCUT2D eigenvalue weighted by molar-refractivity contribution is 6.01. The first-order chi connectivity index (χ1) is 15.2. The molecule has 4 N–H and O–H groups in total. The SMILES string of the molecule is CC(C)[C@H](NC(=O)c1c(F)cccc1F)C(=O)Nc1ccc(-n2ccc(C(N)=O)n2)cc1. The highest BCUT2D eigenvalue weighted by atomic mass is 19.1. The van der Waals surface area contributed by atoms with Gasteiger partial charge in [-0.25, -0.2) is 13.5 Å². The molecule has 0 spiro atoms. The van der Waals surface area contributed by atoms with Crippen LogP contribution in [0.5, 0.6) is 0 Å². The number of carbonyl (C=O) groups is 3. The summed E-state index contributed by atoms with van der Waals surface area (Å²) >= 11 is 0. The van der Waals surface area contributed by atoms with E-state index in [4.69, 9.17) is 5.73 Å². The second-order valence-corrected chi connectivity index (χ2v) is 7.34. The van der Waals surface area contributed by atoms with Crippen LogP contribution >= 0.6 is 0 Å². The van der Waals surface area contributed by atoms with Gasteiger partial charge in [-0.05, 0) is 48.4 Å². The average Bonchev–Trinajstić information content (AvgIpc) is 3.23. The number of anilines is 1. The number of rotatable bonds is 7. The van der Waals surface area contributed by atoms with Crippen molar-refractivity contribution in [3.63, 3.8) is 0 Å². The van der Waals surface area contributed by atoms with Gasteiger partial charge >= 0.3 is 0 Å². The molecule has 32 heavy (non-hydrogen) atoms. The van der Waals surface area contributed by atoms with Gasteiger partial charge in [0, 0.05) is 11.9 Å². The molecule has 1 atom stereocenters. The van der Waals surface area contributed by atoms with E-state index >= 15 is 0 Å². The molecule has 0 bridgehead atoms. The molecular formula is C22H21F2N5O3. The maximum Gasteiger partial charge on any atom is 0.269 e. The summed E-state index contributed by atoms with van der Waals surface area (Å²) in [6.07, 6.45) is 1.57. The molecule has 3 aromatic rings. The molecule has 10 heteroatoms. The zero-order valence-electron chi connectivity index (χ0n) is 17.3. The Morgan fingerprint density at radius 3 is 2.16 bits per heavy atom. The van der Waals surface area contributed by atoms with Crippen LogP contribution in [0.15, 0.2) is 54.7 Å². The Balaban J connectivity index is 1.72. The van der Waals surface area contributed by atoms with Gasteiger partial charge in [0.25, 0.3) is 11.8 Å². The van der Waals surface area contributed by atoms with E-state index in [9.17, 15) is 23.2 Å². The lowest BCUT2D eigenvalue weighted by Gasteiger charge is -2.22. The van der Waals surface area contributed by atoms with Crippen LogP contribution in [0.1, 0.15) is 34.7 Å². The van der Waals surface area contributed by atoms with E-state index in [1.807, 2.05) is 0 Å². The fourth-order valence-electron chi connectivity index (χ4n) is 2.98. The minimum Gasteiger partial charge on any atom is -0.364 e. The molecule has 0 radical (unpaired) electrons. The van der Waals surface area contributed by atoms with Gasteiger partial charge in [0.1, 0.15) is 28.9 Å². The maximum atomic E-state index is 13.9. The van der Waals surface area contributed by atoms with E-state index in [-0.39, 0.29) is 11.6 Å². The summed E-state index contributed by atoms with van der Waals surface area (Å²) in [6.45, 7) is 3.39. The maximum absolute atomic E-state index is 13.9. The third-order valence-electron chi connectivity index (χ3n) is 4.67. The number of hydrogen-bond acceptors (Lipinski definition) is 4. The summed E-state index contributed by atoms with van der Waals surface area (Å²) in [5.41, 5.74) is 5.61. The Bertz CT molecular complexity index is 1140. The summed E-state index contributed by atoms with van der Waals surface area (Å²) < 4.78 is 29.2. The fourth-order valence-corrected chi connectivity index (χ4v) is 2.98. The van der Waals surface area contributed by atoms with E-state index < -0.39 is 41.0 Å². The fraction of sp³-hybridized carbons (Fsp3) is 0.182. The highest BCUT2D eigenvalue weighted by Crippen LogP contribution is 2.16. The average molecular weight is 441 g/mol. The first kappa shape index (κ1) is 22.6. The van der Waals surface area contributed by atoms with Crippen molar-refractivity contribution in [1.29, 1.82) is 0 Å². The van der Waals surface area contributed by atoms with E-state index in [0.717, 1.165) is 18.2 Å². The normalized spacial score (nSPS) is 11.8. The summed E-state index contributed by atoms with van der Waals surface area (Å²) in [5.74, 6) is -4.60. The minimum atomic E-state index is -1.04. The van der Waals surface area contributed by atoms with Crippen molar-refractivity contribution in [3.8, 4) is 5.69 Å². The molecule has 166 valence electrons.